The Balaban J connectivity index is 1.65. The summed E-state index contributed by atoms with van der Waals surface area (Å²) in [5.74, 6) is 1.42. The Hall–Kier alpha value is -3.67. The van der Waals surface area contributed by atoms with Gasteiger partial charge in [-0.05, 0) is 26.0 Å². The standard InChI is InChI=1S/C21H18N4O2/c1-13-20(21(27-25-13)15-7-4-3-5-8-15)18-12-19(24-23-18)22-17-10-6-9-16(11-17)14(2)26/h3-12H,1-2H3,(H2,22,23,24). The molecule has 6 heteroatoms. The van der Waals surface area contributed by atoms with E-state index in [0.29, 0.717) is 17.1 Å². The number of rotatable bonds is 5. The van der Waals surface area contributed by atoms with Gasteiger partial charge in [0, 0.05) is 22.9 Å². The van der Waals surface area contributed by atoms with Crippen molar-refractivity contribution in [1.29, 1.82) is 0 Å². The minimum absolute atomic E-state index is 0.0246. The Morgan fingerprint density at radius 3 is 2.67 bits per heavy atom. The van der Waals surface area contributed by atoms with Gasteiger partial charge in [0.15, 0.2) is 11.5 Å². The molecule has 27 heavy (non-hydrogen) atoms. The number of Topliss-reactive ketones (excluding diaryl/α,β-unsaturated/α-hetero) is 1. The minimum Gasteiger partial charge on any atom is -0.355 e. The number of nitrogens with one attached hydrogen (secondary N) is 2. The van der Waals surface area contributed by atoms with Gasteiger partial charge in [0.05, 0.1) is 11.3 Å². The topological polar surface area (TPSA) is 83.8 Å². The van der Waals surface area contributed by atoms with Crippen molar-refractivity contribution in [3.63, 3.8) is 0 Å². The van der Waals surface area contributed by atoms with E-state index in [0.717, 1.165) is 28.2 Å². The molecule has 2 heterocycles. The third-order valence-electron chi connectivity index (χ3n) is 4.28. The Kier molecular flexibility index (Phi) is 4.30. The van der Waals surface area contributed by atoms with Crippen LogP contribution in [0.4, 0.5) is 11.5 Å². The molecule has 0 aliphatic carbocycles. The summed E-state index contributed by atoms with van der Waals surface area (Å²) in [6.07, 6.45) is 0. The van der Waals surface area contributed by atoms with E-state index in [1.165, 1.54) is 0 Å². The second kappa shape index (κ2) is 6.92. The number of aromatic nitrogens is 3. The average molecular weight is 358 g/mol. The molecule has 0 saturated heterocycles. The highest BCUT2D eigenvalue weighted by Gasteiger charge is 2.19. The maximum Gasteiger partial charge on any atom is 0.176 e. The maximum absolute atomic E-state index is 11.6. The van der Waals surface area contributed by atoms with Gasteiger partial charge < -0.3 is 9.84 Å². The van der Waals surface area contributed by atoms with Crippen LogP contribution in [0.2, 0.25) is 0 Å². The smallest absolute Gasteiger partial charge is 0.176 e. The minimum atomic E-state index is 0.0246. The SMILES string of the molecule is CC(=O)c1cccc(Nc2cc(-c3c(C)noc3-c3ccccc3)n[nH]2)c1. The van der Waals surface area contributed by atoms with Crippen molar-refractivity contribution in [2.24, 2.45) is 0 Å². The first kappa shape index (κ1) is 16.8. The van der Waals surface area contributed by atoms with Crippen LogP contribution < -0.4 is 5.32 Å². The van der Waals surface area contributed by atoms with Crippen molar-refractivity contribution < 1.29 is 9.32 Å². The Labute approximate surface area is 156 Å². The zero-order valence-electron chi connectivity index (χ0n) is 15.0. The molecule has 0 amide bonds. The monoisotopic (exact) mass is 358 g/mol. The van der Waals surface area contributed by atoms with Crippen LogP contribution in [-0.2, 0) is 0 Å². The van der Waals surface area contributed by atoms with Gasteiger partial charge in [-0.3, -0.25) is 9.89 Å². The largest absolute Gasteiger partial charge is 0.355 e. The summed E-state index contributed by atoms with van der Waals surface area (Å²) in [6, 6.07) is 19.0. The number of benzene rings is 2. The van der Waals surface area contributed by atoms with Crippen molar-refractivity contribution in [1.82, 2.24) is 15.4 Å². The number of ketones is 1. The lowest BCUT2D eigenvalue weighted by Crippen LogP contribution is -1.95. The lowest BCUT2D eigenvalue weighted by atomic mass is 10.0. The average Bonchev–Trinajstić information content (AvgIpc) is 3.29. The third kappa shape index (κ3) is 3.37. The van der Waals surface area contributed by atoms with Crippen molar-refractivity contribution >= 4 is 17.3 Å². The van der Waals surface area contributed by atoms with Crippen molar-refractivity contribution in [2.75, 3.05) is 5.32 Å². The summed E-state index contributed by atoms with van der Waals surface area (Å²) >= 11 is 0. The Morgan fingerprint density at radius 1 is 1.07 bits per heavy atom. The van der Waals surface area contributed by atoms with Crippen LogP contribution in [-0.4, -0.2) is 21.1 Å². The maximum atomic E-state index is 11.6. The molecular formula is C21H18N4O2. The number of anilines is 2. The summed E-state index contributed by atoms with van der Waals surface area (Å²) in [4.78, 5) is 11.6. The zero-order chi connectivity index (χ0) is 18.8. The van der Waals surface area contributed by atoms with E-state index in [4.69, 9.17) is 4.52 Å². The summed E-state index contributed by atoms with van der Waals surface area (Å²) in [5, 5.41) is 14.7. The molecule has 2 aromatic carbocycles. The Morgan fingerprint density at radius 2 is 1.89 bits per heavy atom. The second-order valence-corrected chi connectivity index (χ2v) is 6.27. The first-order chi connectivity index (χ1) is 13.1. The normalized spacial score (nSPS) is 10.7. The number of aromatic amines is 1. The molecule has 0 fully saturated rings. The van der Waals surface area contributed by atoms with Gasteiger partial charge in [0.25, 0.3) is 0 Å². The summed E-state index contributed by atoms with van der Waals surface area (Å²) in [5.41, 5.74) is 4.76. The van der Waals surface area contributed by atoms with Gasteiger partial charge >= 0.3 is 0 Å². The molecule has 134 valence electrons. The first-order valence-electron chi connectivity index (χ1n) is 8.57. The van der Waals surface area contributed by atoms with Crippen molar-refractivity contribution in [3.8, 4) is 22.6 Å². The zero-order valence-corrected chi connectivity index (χ0v) is 15.0. The highest BCUT2D eigenvalue weighted by Crippen LogP contribution is 2.34. The lowest BCUT2D eigenvalue weighted by molar-refractivity contribution is 0.101. The second-order valence-electron chi connectivity index (χ2n) is 6.27. The van der Waals surface area contributed by atoms with Gasteiger partial charge in [0.1, 0.15) is 11.5 Å². The van der Waals surface area contributed by atoms with Crippen LogP contribution in [0, 0.1) is 6.92 Å². The van der Waals surface area contributed by atoms with Crippen LogP contribution in [0.25, 0.3) is 22.6 Å². The molecular weight excluding hydrogens is 340 g/mol. The van der Waals surface area contributed by atoms with E-state index in [1.54, 1.807) is 13.0 Å². The molecule has 0 atom stereocenters. The summed E-state index contributed by atoms with van der Waals surface area (Å²) < 4.78 is 5.54. The quantitative estimate of drug-likeness (QED) is 0.491. The van der Waals surface area contributed by atoms with E-state index in [1.807, 2.05) is 61.5 Å². The summed E-state index contributed by atoms with van der Waals surface area (Å²) in [6.45, 7) is 3.44. The van der Waals surface area contributed by atoms with Crippen LogP contribution in [0.5, 0.6) is 0 Å². The highest BCUT2D eigenvalue weighted by molar-refractivity contribution is 5.95. The number of carbonyl (C=O) groups excluding carboxylic acids is 1. The van der Waals surface area contributed by atoms with Crippen LogP contribution in [0.15, 0.2) is 65.2 Å². The molecule has 0 saturated carbocycles. The van der Waals surface area contributed by atoms with Crippen molar-refractivity contribution in [2.45, 2.75) is 13.8 Å². The first-order valence-corrected chi connectivity index (χ1v) is 8.57. The van der Waals surface area contributed by atoms with E-state index in [-0.39, 0.29) is 5.78 Å². The molecule has 0 aliphatic rings. The number of aryl methyl sites for hydroxylation is 1. The fourth-order valence-corrected chi connectivity index (χ4v) is 2.94. The molecule has 0 spiro atoms. The van der Waals surface area contributed by atoms with Crippen LogP contribution >= 0.6 is 0 Å². The van der Waals surface area contributed by atoms with E-state index in [9.17, 15) is 4.79 Å². The number of H-pyrrole nitrogens is 1. The van der Waals surface area contributed by atoms with Crippen molar-refractivity contribution in [3.05, 3.63) is 71.9 Å². The van der Waals surface area contributed by atoms with Gasteiger partial charge in [-0.1, -0.05) is 47.6 Å². The molecule has 2 N–H and O–H groups in total. The van der Waals surface area contributed by atoms with Gasteiger partial charge in [-0.25, -0.2) is 0 Å². The number of nitrogens with zero attached hydrogens (tertiary/aromatic N) is 2. The molecule has 0 aliphatic heterocycles. The van der Waals surface area contributed by atoms with E-state index >= 15 is 0 Å². The third-order valence-corrected chi connectivity index (χ3v) is 4.28. The molecule has 0 radical (unpaired) electrons. The molecule has 4 rings (SSSR count). The Bertz CT molecular complexity index is 1100. The van der Waals surface area contributed by atoms with Gasteiger partial charge in [0.2, 0.25) is 0 Å². The van der Waals surface area contributed by atoms with Crippen LogP contribution in [0.1, 0.15) is 23.0 Å². The fourth-order valence-electron chi connectivity index (χ4n) is 2.94. The van der Waals surface area contributed by atoms with E-state index < -0.39 is 0 Å². The van der Waals surface area contributed by atoms with Gasteiger partial charge in [-0.15, -0.1) is 0 Å². The molecule has 0 unspecified atom stereocenters. The predicted molar refractivity (Wildman–Crippen MR) is 104 cm³/mol. The molecule has 6 nitrogen and oxygen atoms in total. The molecule has 4 aromatic rings. The van der Waals surface area contributed by atoms with E-state index in [2.05, 4.69) is 20.7 Å². The molecule has 2 aromatic heterocycles. The number of carbonyl (C=O) groups is 1. The summed E-state index contributed by atoms with van der Waals surface area (Å²) in [7, 11) is 0. The highest BCUT2D eigenvalue weighted by atomic mass is 16.5. The lowest BCUT2D eigenvalue weighted by Gasteiger charge is -2.04. The number of hydrogen-bond acceptors (Lipinski definition) is 5. The van der Waals surface area contributed by atoms with Gasteiger partial charge in [-0.2, -0.15) is 5.10 Å². The molecule has 0 bridgehead atoms. The van der Waals surface area contributed by atoms with Crippen LogP contribution in [0.3, 0.4) is 0 Å². The number of hydrogen-bond donors (Lipinski definition) is 2. The predicted octanol–water partition coefficient (Wildman–Crippen LogP) is 4.99. The fraction of sp³-hybridized carbons (Fsp3) is 0.0952.